The number of amides is 3. The van der Waals surface area contributed by atoms with Gasteiger partial charge >= 0.3 is 0 Å². The van der Waals surface area contributed by atoms with Crippen LogP contribution in [0.1, 0.15) is 37.7 Å². The van der Waals surface area contributed by atoms with Gasteiger partial charge < -0.3 is 10.3 Å². The minimum absolute atomic E-state index is 0.147. The number of aromatic amines is 1. The monoisotopic (exact) mass is 353 g/mol. The molecule has 1 aliphatic carbocycles. The molecule has 2 heterocycles. The molecule has 0 radical (unpaired) electrons. The lowest BCUT2D eigenvalue weighted by atomic mass is 9.84. The predicted octanol–water partition coefficient (Wildman–Crippen LogP) is 2.15. The molecule has 26 heavy (non-hydrogen) atoms. The lowest BCUT2D eigenvalue weighted by molar-refractivity contribution is -0.144. The topological polar surface area (TPSA) is 82.3 Å². The number of H-pyrrole nitrogens is 1. The average molecular weight is 353 g/mol. The van der Waals surface area contributed by atoms with Gasteiger partial charge in [0.05, 0.1) is 5.41 Å². The Labute approximate surface area is 151 Å². The quantitative estimate of drug-likeness (QED) is 0.808. The number of carbonyl (C=O) groups is 3. The molecule has 2 aliphatic rings. The first-order chi connectivity index (χ1) is 12.6. The second-order valence-corrected chi connectivity index (χ2v) is 7.41. The summed E-state index contributed by atoms with van der Waals surface area (Å²) in [6.07, 6.45) is 6.45. The Hall–Kier alpha value is -2.63. The number of nitrogens with one attached hydrogen (secondary N) is 2. The van der Waals surface area contributed by atoms with Gasteiger partial charge in [0.15, 0.2) is 0 Å². The van der Waals surface area contributed by atoms with Gasteiger partial charge in [-0.15, -0.1) is 0 Å². The zero-order valence-electron chi connectivity index (χ0n) is 14.7. The molecule has 6 heteroatoms. The third-order valence-corrected chi connectivity index (χ3v) is 5.74. The van der Waals surface area contributed by atoms with Crippen LogP contribution in [0.25, 0.3) is 10.9 Å². The molecular formula is C20H23N3O3. The molecule has 6 nitrogen and oxygen atoms in total. The molecule has 0 bridgehead atoms. The van der Waals surface area contributed by atoms with Crippen LogP contribution in [0, 0.1) is 5.41 Å². The first-order valence-electron chi connectivity index (χ1n) is 9.26. The van der Waals surface area contributed by atoms with Crippen LogP contribution in [0.5, 0.6) is 0 Å². The number of imide groups is 1. The molecule has 0 unspecified atom stereocenters. The van der Waals surface area contributed by atoms with Crippen LogP contribution in [0.3, 0.4) is 0 Å². The van der Waals surface area contributed by atoms with Gasteiger partial charge in [-0.05, 0) is 30.9 Å². The van der Waals surface area contributed by atoms with Crippen LogP contribution in [-0.4, -0.2) is 40.7 Å². The van der Waals surface area contributed by atoms with Crippen molar-refractivity contribution in [2.24, 2.45) is 5.41 Å². The molecule has 4 rings (SSSR count). The first kappa shape index (κ1) is 16.8. The van der Waals surface area contributed by atoms with Crippen molar-refractivity contribution in [3.63, 3.8) is 0 Å². The lowest BCUT2D eigenvalue weighted by Crippen LogP contribution is -2.42. The summed E-state index contributed by atoms with van der Waals surface area (Å²) in [6, 6.07) is 8.03. The highest BCUT2D eigenvalue weighted by atomic mass is 16.2. The molecule has 0 atom stereocenters. The third kappa shape index (κ3) is 2.89. The fourth-order valence-electron chi connectivity index (χ4n) is 4.34. The number of rotatable bonds is 5. The van der Waals surface area contributed by atoms with E-state index in [2.05, 4.69) is 10.3 Å². The standard InChI is InChI=1S/C20H23N3O3/c24-17(13-23-18(25)11-20(19(23)26)8-3-4-9-20)21-10-7-14-12-22-16-6-2-1-5-15(14)16/h1-2,5-6,12,22H,3-4,7-11,13H2,(H,21,24). The van der Waals surface area contributed by atoms with Crippen LogP contribution in [0.15, 0.2) is 30.5 Å². The van der Waals surface area contributed by atoms with Crippen molar-refractivity contribution in [3.05, 3.63) is 36.0 Å². The normalized spacial score (nSPS) is 19.0. The van der Waals surface area contributed by atoms with Gasteiger partial charge in [0, 0.05) is 30.1 Å². The molecule has 1 aromatic heterocycles. The summed E-state index contributed by atoms with van der Waals surface area (Å²) in [4.78, 5) is 41.4. The second kappa shape index (κ2) is 6.59. The van der Waals surface area contributed by atoms with Crippen LogP contribution in [0.4, 0.5) is 0 Å². The van der Waals surface area contributed by atoms with E-state index in [1.165, 1.54) is 0 Å². The lowest BCUT2D eigenvalue weighted by Gasteiger charge is -2.20. The highest BCUT2D eigenvalue weighted by Crippen LogP contribution is 2.46. The molecule has 3 amide bonds. The van der Waals surface area contributed by atoms with Crippen LogP contribution >= 0.6 is 0 Å². The summed E-state index contributed by atoms with van der Waals surface area (Å²) in [7, 11) is 0. The smallest absolute Gasteiger partial charge is 0.240 e. The van der Waals surface area contributed by atoms with Crippen LogP contribution in [-0.2, 0) is 20.8 Å². The van der Waals surface area contributed by atoms with Crippen molar-refractivity contribution >= 4 is 28.6 Å². The zero-order chi connectivity index (χ0) is 18.1. The van der Waals surface area contributed by atoms with Crippen molar-refractivity contribution < 1.29 is 14.4 Å². The largest absolute Gasteiger partial charge is 0.361 e. The fraction of sp³-hybridized carbons (Fsp3) is 0.450. The van der Waals surface area contributed by atoms with Gasteiger partial charge in [-0.3, -0.25) is 19.3 Å². The minimum Gasteiger partial charge on any atom is -0.361 e. The summed E-state index contributed by atoms with van der Waals surface area (Å²) in [6.45, 7) is 0.315. The first-order valence-corrected chi connectivity index (χ1v) is 9.26. The SMILES string of the molecule is O=C(CN1C(=O)CC2(CCCC2)C1=O)NCCc1c[nH]c2ccccc12. The number of hydrogen-bond acceptors (Lipinski definition) is 3. The van der Waals surface area contributed by atoms with E-state index in [0.717, 1.165) is 47.0 Å². The summed E-state index contributed by atoms with van der Waals surface area (Å²) in [5.41, 5.74) is 1.70. The van der Waals surface area contributed by atoms with E-state index >= 15 is 0 Å². The Balaban J connectivity index is 1.32. The van der Waals surface area contributed by atoms with Crippen molar-refractivity contribution in [1.29, 1.82) is 0 Å². The number of nitrogens with zero attached hydrogens (tertiary/aromatic N) is 1. The Morgan fingerprint density at radius 2 is 1.96 bits per heavy atom. The van der Waals surface area contributed by atoms with Crippen molar-refractivity contribution in [3.8, 4) is 0 Å². The number of likely N-dealkylation sites (tertiary alicyclic amines) is 1. The maximum absolute atomic E-state index is 12.6. The highest BCUT2D eigenvalue weighted by molar-refractivity contribution is 6.08. The molecule has 1 aliphatic heterocycles. The molecule has 2 aromatic rings. The van der Waals surface area contributed by atoms with E-state index in [-0.39, 0.29) is 30.7 Å². The summed E-state index contributed by atoms with van der Waals surface area (Å²) < 4.78 is 0. The van der Waals surface area contributed by atoms with Crippen molar-refractivity contribution in [2.75, 3.05) is 13.1 Å². The number of fused-ring (bicyclic) bond motifs is 1. The van der Waals surface area contributed by atoms with E-state index in [4.69, 9.17) is 0 Å². The van der Waals surface area contributed by atoms with Gasteiger partial charge in [-0.2, -0.15) is 0 Å². The number of carbonyl (C=O) groups excluding carboxylic acids is 3. The van der Waals surface area contributed by atoms with Crippen LogP contribution < -0.4 is 5.32 Å². The molecule has 1 spiro atoms. The predicted molar refractivity (Wildman–Crippen MR) is 97.3 cm³/mol. The molecule has 136 valence electrons. The van der Waals surface area contributed by atoms with Crippen molar-refractivity contribution in [2.45, 2.75) is 38.5 Å². The zero-order valence-corrected chi connectivity index (χ0v) is 14.7. The molecule has 1 saturated carbocycles. The van der Waals surface area contributed by atoms with Crippen LogP contribution in [0.2, 0.25) is 0 Å². The van der Waals surface area contributed by atoms with Crippen molar-refractivity contribution in [1.82, 2.24) is 15.2 Å². The molecule has 2 fully saturated rings. The number of para-hydroxylation sites is 1. The second-order valence-electron chi connectivity index (χ2n) is 7.41. The number of hydrogen-bond donors (Lipinski definition) is 2. The number of benzene rings is 1. The van der Waals surface area contributed by atoms with E-state index in [1.54, 1.807) is 0 Å². The molecule has 2 N–H and O–H groups in total. The summed E-state index contributed by atoms with van der Waals surface area (Å²) in [5.74, 6) is -0.628. The summed E-state index contributed by atoms with van der Waals surface area (Å²) in [5, 5.41) is 3.98. The van der Waals surface area contributed by atoms with Gasteiger partial charge in [0.2, 0.25) is 17.7 Å². The Morgan fingerprint density at radius 1 is 1.19 bits per heavy atom. The minimum atomic E-state index is -0.512. The highest BCUT2D eigenvalue weighted by Gasteiger charge is 2.52. The fourth-order valence-corrected chi connectivity index (χ4v) is 4.34. The number of aromatic nitrogens is 1. The van der Waals surface area contributed by atoms with Gasteiger partial charge in [0.1, 0.15) is 6.54 Å². The summed E-state index contributed by atoms with van der Waals surface area (Å²) >= 11 is 0. The average Bonchev–Trinajstić information content (AvgIpc) is 3.32. The maximum Gasteiger partial charge on any atom is 0.240 e. The van der Waals surface area contributed by atoms with Gasteiger partial charge in [0.25, 0.3) is 0 Å². The third-order valence-electron chi connectivity index (χ3n) is 5.74. The van der Waals surface area contributed by atoms with E-state index < -0.39 is 5.41 Å². The van der Waals surface area contributed by atoms with Gasteiger partial charge in [-0.25, -0.2) is 0 Å². The molecular weight excluding hydrogens is 330 g/mol. The Bertz CT molecular complexity index is 864. The Kier molecular flexibility index (Phi) is 4.26. The molecule has 1 aromatic carbocycles. The van der Waals surface area contributed by atoms with Gasteiger partial charge in [-0.1, -0.05) is 31.0 Å². The molecule has 1 saturated heterocycles. The van der Waals surface area contributed by atoms with E-state index in [9.17, 15) is 14.4 Å². The van der Waals surface area contributed by atoms with E-state index in [0.29, 0.717) is 13.0 Å². The van der Waals surface area contributed by atoms with E-state index in [1.807, 2.05) is 30.5 Å². The maximum atomic E-state index is 12.6. The Morgan fingerprint density at radius 3 is 2.77 bits per heavy atom.